The number of alkyl halides is 3. The Labute approximate surface area is 155 Å². The Morgan fingerprint density at radius 1 is 1.15 bits per heavy atom. The maximum absolute atomic E-state index is 13.2. The minimum absolute atomic E-state index is 0.126. The molecule has 0 radical (unpaired) electrons. The highest BCUT2D eigenvalue weighted by Crippen LogP contribution is 2.32. The van der Waals surface area contributed by atoms with Gasteiger partial charge in [-0.15, -0.1) is 0 Å². The summed E-state index contributed by atoms with van der Waals surface area (Å²) in [5.41, 5.74) is -0.321. The number of halogens is 4. The minimum Gasteiger partial charge on any atom is -0.333 e. The van der Waals surface area contributed by atoms with Gasteiger partial charge >= 0.3 is 6.18 Å². The Morgan fingerprint density at radius 3 is 2.59 bits per heavy atom. The molecule has 0 N–H and O–H groups in total. The third-order valence-electron chi connectivity index (χ3n) is 4.39. The summed E-state index contributed by atoms with van der Waals surface area (Å²) in [6.45, 7) is 1.74. The van der Waals surface area contributed by atoms with Crippen molar-refractivity contribution in [3.05, 3.63) is 63.3 Å². The number of imidazole rings is 1. The Hall–Kier alpha value is -2.87. The summed E-state index contributed by atoms with van der Waals surface area (Å²) in [4.78, 5) is 21.0. The summed E-state index contributed by atoms with van der Waals surface area (Å²) in [5.74, 6) is 0. The molecule has 5 nitrogen and oxygen atoms in total. The summed E-state index contributed by atoms with van der Waals surface area (Å²) >= 11 is 6.35. The molecule has 1 aromatic carbocycles. The van der Waals surface area contributed by atoms with Crippen LogP contribution in [-0.2, 0) is 13.2 Å². The van der Waals surface area contributed by atoms with Gasteiger partial charge < -0.3 is 4.57 Å². The molecule has 9 heteroatoms. The van der Waals surface area contributed by atoms with Crippen LogP contribution in [0.3, 0.4) is 0 Å². The van der Waals surface area contributed by atoms with Crippen LogP contribution >= 0.6 is 11.6 Å². The number of aryl methyl sites for hydroxylation is 2. The van der Waals surface area contributed by atoms with Crippen LogP contribution in [0.4, 0.5) is 13.2 Å². The second-order valence-corrected chi connectivity index (χ2v) is 6.54. The van der Waals surface area contributed by atoms with Crippen molar-refractivity contribution in [2.75, 3.05) is 0 Å². The fraction of sp³-hybridized carbons (Fsp3) is 0.167. The molecule has 138 valence electrons. The minimum atomic E-state index is -4.65. The van der Waals surface area contributed by atoms with Gasteiger partial charge in [-0.3, -0.25) is 9.36 Å². The normalized spacial score (nSPS) is 12.2. The zero-order valence-electron chi connectivity index (χ0n) is 14.2. The van der Waals surface area contributed by atoms with Crippen molar-refractivity contribution < 1.29 is 13.2 Å². The first-order chi connectivity index (χ1) is 12.7. The van der Waals surface area contributed by atoms with E-state index in [2.05, 4.69) is 9.97 Å². The monoisotopic (exact) mass is 392 g/mol. The van der Waals surface area contributed by atoms with Gasteiger partial charge in [0.15, 0.2) is 5.52 Å². The van der Waals surface area contributed by atoms with Crippen LogP contribution in [0.1, 0.15) is 11.3 Å². The molecule has 0 spiro atoms. The first-order valence-electron chi connectivity index (χ1n) is 7.89. The number of aromatic nitrogens is 4. The van der Waals surface area contributed by atoms with Crippen molar-refractivity contribution in [3.8, 4) is 5.69 Å². The topological polar surface area (TPSA) is 52.7 Å². The lowest BCUT2D eigenvalue weighted by atomic mass is 10.1. The van der Waals surface area contributed by atoms with Crippen LogP contribution in [0.15, 0.2) is 41.5 Å². The van der Waals surface area contributed by atoms with E-state index in [0.29, 0.717) is 16.5 Å². The molecule has 0 fully saturated rings. The fourth-order valence-corrected chi connectivity index (χ4v) is 3.31. The number of rotatable bonds is 1. The SMILES string of the molecule is Cc1cccc(-n2c(=O)c3ncn(C)c3c3ccc(C(F)(F)F)nc32)c1Cl. The van der Waals surface area contributed by atoms with Crippen LogP contribution < -0.4 is 5.56 Å². The largest absolute Gasteiger partial charge is 0.433 e. The number of hydrogen-bond acceptors (Lipinski definition) is 3. The number of hydrogen-bond donors (Lipinski definition) is 0. The molecular weight excluding hydrogens is 381 g/mol. The van der Waals surface area contributed by atoms with E-state index in [4.69, 9.17) is 11.6 Å². The molecule has 4 aromatic rings. The number of pyridine rings is 2. The average molecular weight is 393 g/mol. The molecular formula is C18H12ClF3N4O. The quantitative estimate of drug-likeness (QED) is 0.486. The lowest BCUT2D eigenvalue weighted by Crippen LogP contribution is -2.22. The second kappa shape index (κ2) is 5.82. The third kappa shape index (κ3) is 2.59. The molecule has 0 aliphatic carbocycles. The van der Waals surface area contributed by atoms with E-state index >= 15 is 0 Å². The molecule has 0 bridgehead atoms. The Bertz CT molecular complexity index is 1270. The second-order valence-electron chi connectivity index (χ2n) is 6.17. The summed E-state index contributed by atoms with van der Waals surface area (Å²) < 4.78 is 42.4. The molecule has 3 aromatic heterocycles. The molecule has 0 saturated carbocycles. The zero-order chi connectivity index (χ0) is 19.5. The van der Waals surface area contributed by atoms with Gasteiger partial charge in [-0.25, -0.2) is 9.97 Å². The van der Waals surface area contributed by atoms with Crippen LogP contribution in [0, 0.1) is 6.92 Å². The predicted molar refractivity (Wildman–Crippen MR) is 96.4 cm³/mol. The fourth-order valence-electron chi connectivity index (χ4n) is 3.10. The van der Waals surface area contributed by atoms with Gasteiger partial charge in [0.2, 0.25) is 0 Å². The molecule has 4 rings (SSSR count). The maximum atomic E-state index is 13.2. The Morgan fingerprint density at radius 2 is 1.89 bits per heavy atom. The molecule has 0 saturated heterocycles. The molecule has 0 amide bonds. The number of benzene rings is 1. The summed E-state index contributed by atoms with van der Waals surface area (Å²) in [5, 5.41) is 0.630. The van der Waals surface area contributed by atoms with Crippen LogP contribution in [0.25, 0.3) is 27.8 Å². The summed E-state index contributed by atoms with van der Waals surface area (Å²) in [7, 11) is 1.66. The highest BCUT2D eigenvalue weighted by Gasteiger charge is 2.33. The van der Waals surface area contributed by atoms with Gasteiger partial charge in [-0.1, -0.05) is 23.7 Å². The molecule has 0 unspecified atom stereocenters. The van der Waals surface area contributed by atoms with E-state index in [1.165, 1.54) is 12.4 Å². The van der Waals surface area contributed by atoms with Crippen molar-refractivity contribution >= 4 is 33.7 Å². The van der Waals surface area contributed by atoms with Crippen molar-refractivity contribution in [2.45, 2.75) is 13.1 Å². The first-order valence-corrected chi connectivity index (χ1v) is 8.27. The predicted octanol–water partition coefficient (Wildman–Crippen LogP) is 4.25. The summed E-state index contributed by atoms with van der Waals surface area (Å²) in [6.07, 6.45) is -3.21. The van der Waals surface area contributed by atoms with Gasteiger partial charge in [0.1, 0.15) is 11.3 Å². The number of nitrogens with zero attached hydrogens (tertiary/aromatic N) is 4. The Kier molecular flexibility index (Phi) is 3.78. The van der Waals surface area contributed by atoms with Gasteiger partial charge in [0.05, 0.1) is 22.6 Å². The molecule has 3 heterocycles. The van der Waals surface area contributed by atoms with Gasteiger partial charge in [-0.05, 0) is 30.7 Å². The highest BCUT2D eigenvalue weighted by atomic mass is 35.5. The summed E-state index contributed by atoms with van der Waals surface area (Å²) in [6, 6.07) is 7.17. The van der Waals surface area contributed by atoms with Crippen LogP contribution in [0.5, 0.6) is 0 Å². The van der Waals surface area contributed by atoms with E-state index in [1.54, 1.807) is 36.7 Å². The van der Waals surface area contributed by atoms with Crippen LogP contribution in [0.2, 0.25) is 5.02 Å². The van der Waals surface area contributed by atoms with E-state index in [1.807, 2.05) is 0 Å². The molecule has 0 aliphatic heterocycles. The molecule has 0 aliphatic rings. The van der Waals surface area contributed by atoms with Gasteiger partial charge in [0.25, 0.3) is 5.56 Å². The maximum Gasteiger partial charge on any atom is 0.433 e. The standard InChI is InChI=1S/C18H12ClF3N4O/c1-9-4-3-5-11(13(9)19)26-16-10(6-7-12(24-16)18(20,21)22)15-14(17(26)27)23-8-25(15)2/h3-8H,1-2H3. The van der Waals surface area contributed by atoms with Crippen molar-refractivity contribution in [1.82, 2.24) is 19.1 Å². The van der Waals surface area contributed by atoms with Crippen molar-refractivity contribution in [3.63, 3.8) is 0 Å². The molecule has 27 heavy (non-hydrogen) atoms. The van der Waals surface area contributed by atoms with Crippen molar-refractivity contribution in [1.29, 1.82) is 0 Å². The van der Waals surface area contributed by atoms with E-state index in [0.717, 1.165) is 10.6 Å². The van der Waals surface area contributed by atoms with Crippen LogP contribution in [-0.4, -0.2) is 19.1 Å². The van der Waals surface area contributed by atoms with Gasteiger partial charge in [0, 0.05) is 12.4 Å². The highest BCUT2D eigenvalue weighted by molar-refractivity contribution is 6.33. The zero-order valence-corrected chi connectivity index (χ0v) is 14.9. The number of fused-ring (bicyclic) bond motifs is 3. The van der Waals surface area contributed by atoms with Gasteiger partial charge in [-0.2, -0.15) is 13.2 Å². The lowest BCUT2D eigenvalue weighted by molar-refractivity contribution is -0.141. The first kappa shape index (κ1) is 17.5. The third-order valence-corrected chi connectivity index (χ3v) is 4.88. The molecule has 0 atom stereocenters. The Balaban J connectivity index is 2.26. The average Bonchev–Trinajstić information content (AvgIpc) is 3.00. The lowest BCUT2D eigenvalue weighted by Gasteiger charge is -2.15. The van der Waals surface area contributed by atoms with E-state index in [-0.39, 0.29) is 21.9 Å². The van der Waals surface area contributed by atoms with E-state index in [9.17, 15) is 18.0 Å². The van der Waals surface area contributed by atoms with E-state index < -0.39 is 17.4 Å². The smallest absolute Gasteiger partial charge is 0.333 e. The van der Waals surface area contributed by atoms with Crippen molar-refractivity contribution in [2.24, 2.45) is 7.05 Å².